The third-order valence-electron chi connectivity index (χ3n) is 6.59. The van der Waals surface area contributed by atoms with Gasteiger partial charge in [-0.2, -0.15) is 0 Å². The molecule has 2 aliphatic rings. The van der Waals surface area contributed by atoms with E-state index < -0.39 is 6.29 Å². The number of rotatable bonds is 11. The van der Waals surface area contributed by atoms with Crippen molar-refractivity contribution >= 4 is 68.7 Å². The quantitative estimate of drug-likeness (QED) is 0.0914. The van der Waals surface area contributed by atoms with E-state index in [1.807, 2.05) is 6.07 Å². The van der Waals surface area contributed by atoms with E-state index in [4.69, 9.17) is 18.9 Å². The lowest BCUT2D eigenvalue weighted by atomic mass is 9.98. The molecule has 38 heavy (non-hydrogen) atoms. The lowest BCUT2D eigenvalue weighted by Crippen LogP contribution is -2.31. The molecule has 1 fully saturated rings. The molecule has 202 valence electrons. The summed E-state index contributed by atoms with van der Waals surface area (Å²) in [6.45, 7) is 4.27. The number of esters is 1. The SMILES string of the molecule is CCC1(OC(=O)c2cc(I)cc(I)c2OCCOC(C)Oc2ccc(N3C(=O)C=CC3=O)cc2)CCCC1. The number of benzene rings is 2. The highest BCUT2D eigenvalue weighted by atomic mass is 127. The summed E-state index contributed by atoms with van der Waals surface area (Å²) in [4.78, 5) is 37.9. The fourth-order valence-electron chi connectivity index (χ4n) is 4.57. The molecule has 0 aromatic heterocycles. The zero-order valence-corrected chi connectivity index (χ0v) is 25.5. The fraction of sp³-hybridized carbons (Fsp3) is 0.393. The van der Waals surface area contributed by atoms with Crippen molar-refractivity contribution in [1.29, 1.82) is 0 Å². The van der Waals surface area contributed by atoms with Crippen molar-refractivity contribution in [3.8, 4) is 11.5 Å². The maximum atomic E-state index is 13.2. The molecule has 2 aromatic rings. The van der Waals surface area contributed by atoms with Crippen molar-refractivity contribution in [2.75, 3.05) is 18.1 Å². The zero-order chi connectivity index (χ0) is 27.3. The van der Waals surface area contributed by atoms with Crippen molar-refractivity contribution in [1.82, 2.24) is 0 Å². The predicted molar refractivity (Wildman–Crippen MR) is 158 cm³/mol. The standard InChI is InChI=1S/C28H29I2NO7/c1-3-28(12-4-5-13-28)38-27(34)22-16-19(29)17-23(30)26(22)36-15-14-35-18(2)37-21-8-6-20(7-9-21)31-24(32)10-11-25(31)33/h6-11,16-18H,3-5,12-15H2,1-2H3. The number of hydrogen-bond donors (Lipinski definition) is 0. The maximum absolute atomic E-state index is 13.2. The number of ether oxygens (including phenoxy) is 4. The van der Waals surface area contributed by atoms with Gasteiger partial charge in [0, 0.05) is 15.7 Å². The smallest absolute Gasteiger partial charge is 0.342 e. The van der Waals surface area contributed by atoms with Gasteiger partial charge in [0.05, 0.1) is 15.9 Å². The van der Waals surface area contributed by atoms with Gasteiger partial charge in [0.15, 0.2) is 6.29 Å². The van der Waals surface area contributed by atoms with Crippen LogP contribution in [0.4, 0.5) is 5.69 Å². The second-order valence-electron chi connectivity index (χ2n) is 9.14. The second-order valence-corrected chi connectivity index (χ2v) is 11.5. The van der Waals surface area contributed by atoms with E-state index in [0.29, 0.717) is 22.7 Å². The molecule has 2 aromatic carbocycles. The van der Waals surface area contributed by atoms with Crippen molar-refractivity contribution < 1.29 is 33.3 Å². The van der Waals surface area contributed by atoms with Gasteiger partial charge in [-0.25, -0.2) is 9.69 Å². The number of carbonyl (C=O) groups excluding carboxylic acids is 3. The summed E-state index contributed by atoms with van der Waals surface area (Å²) < 4.78 is 25.3. The molecule has 0 bridgehead atoms. The summed E-state index contributed by atoms with van der Waals surface area (Å²) in [6, 6.07) is 10.4. The van der Waals surface area contributed by atoms with E-state index >= 15 is 0 Å². The largest absolute Gasteiger partial charge is 0.489 e. The normalized spacial score (nSPS) is 17.1. The lowest BCUT2D eigenvalue weighted by Gasteiger charge is -2.28. The van der Waals surface area contributed by atoms with E-state index in [-0.39, 0.29) is 36.6 Å². The highest BCUT2D eigenvalue weighted by molar-refractivity contribution is 14.1. The Bertz CT molecular complexity index is 1200. The van der Waals surface area contributed by atoms with Crippen LogP contribution in [0.15, 0.2) is 48.6 Å². The third-order valence-corrected chi connectivity index (χ3v) is 8.01. The number of amides is 2. The van der Waals surface area contributed by atoms with Crippen molar-refractivity contribution in [2.24, 2.45) is 0 Å². The lowest BCUT2D eigenvalue weighted by molar-refractivity contribution is -0.120. The number of imide groups is 1. The Morgan fingerprint density at radius 2 is 1.68 bits per heavy atom. The van der Waals surface area contributed by atoms with Crippen LogP contribution in [0.1, 0.15) is 56.3 Å². The molecule has 0 saturated heterocycles. The van der Waals surface area contributed by atoms with Crippen LogP contribution in [0.2, 0.25) is 0 Å². The van der Waals surface area contributed by atoms with Gasteiger partial charge in [0.2, 0.25) is 0 Å². The first kappa shape index (κ1) is 28.8. The van der Waals surface area contributed by atoms with Gasteiger partial charge >= 0.3 is 5.97 Å². The van der Waals surface area contributed by atoms with E-state index in [0.717, 1.165) is 44.1 Å². The van der Waals surface area contributed by atoms with E-state index in [2.05, 4.69) is 52.1 Å². The Hall–Kier alpha value is -2.19. The Morgan fingerprint density at radius 1 is 1.03 bits per heavy atom. The molecule has 1 unspecified atom stereocenters. The first-order valence-electron chi connectivity index (χ1n) is 12.5. The molecule has 8 nitrogen and oxygen atoms in total. The molecule has 0 spiro atoms. The fourth-order valence-corrected chi connectivity index (χ4v) is 6.57. The van der Waals surface area contributed by atoms with Gasteiger partial charge in [-0.1, -0.05) is 6.92 Å². The summed E-state index contributed by atoms with van der Waals surface area (Å²) in [6.07, 6.45) is 6.65. The summed E-state index contributed by atoms with van der Waals surface area (Å²) in [5.41, 5.74) is 0.514. The average Bonchev–Trinajstić information content (AvgIpc) is 3.49. The Morgan fingerprint density at radius 3 is 2.32 bits per heavy atom. The van der Waals surface area contributed by atoms with Gasteiger partial charge in [0.1, 0.15) is 29.3 Å². The molecule has 1 aliphatic heterocycles. The summed E-state index contributed by atoms with van der Waals surface area (Å²) in [7, 11) is 0. The predicted octanol–water partition coefficient (Wildman–Crippen LogP) is 6.03. The van der Waals surface area contributed by atoms with Gasteiger partial charge in [-0.15, -0.1) is 0 Å². The maximum Gasteiger partial charge on any atom is 0.342 e. The molecule has 2 amide bonds. The topological polar surface area (TPSA) is 91.4 Å². The van der Waals surface area contributed by atoms with Gasteiger partial charge < -0.3 is 18.9 Å². The summed E-state index contributed by atoms with van der Waals surface area (Å²) in [5, 5.41) is 0. The third kappa shape index (κ3) is 6.87. The second kappa shape index (κ2) is 12.8. The molecular weight excluding hydrogens is 716 g/mol. The Kier molecular flexibility index (Phi) is 9.69. The van der Waals surface area contributed by atoms with Crippen LogP contribution in [0.25, 0.3) is 0 Å². The minimum atomic E-state index is -0.576. The van der Waals surface area contributed by atoms with Crippen LogP contribution in [-0.2, 0) is 19.1 Å². The minimum Gasteiger partial charge on any atom is -0.489 e. The first-order valence-corrected chi connectivity index (χ1v) is 14.7. The minimum absolute atomic E-state index is 0.217. The Balaban J connectivity index is 1.30. The molecule has 1 heterocycles. The highest BCUT2D eigenvalue weighted by Gasteiger charge is 2.37. The number of hydrogen-bond acceptors (Lipinski definition) is 7. The van der Waals surface area contributed by atoms with Crippen molar-refractivity contribution in [2.45, 2.75) is 57.8 Å². The Labute approximate surface area is 249 Å². The van der Waals surface area contributed by atoms with Gasteiger partial charge in [-0.05, 0) is 121 Å². The molecule has 1 atom stereocenters. The molecule has 0 N–H and O–H groups in total. The van der Waals surface area contributed by atoms with Crippen LogP contribution in [0.3, 0.4) is 0 Å². The van der Waals surface area contributed by atoms with Crippen LogP contribution < -0.4 is 14.4 Å². The van der Waals surface area contributed by atoms with E-state index in [9.17, 15) is 14.4 Å². The molecule has 10 heteroatoms. The number of nitrogens with zero attached hydrogens (tertiary/aromatic N) is 1. The van der Waals surface area contributed by atoms with Crippen molar-refractivity contribution in [3.63, 3.8) is 0 Å². The molecule has 1 aliphatic carbocycles. The van der Waals surface area contributed by atoms with Crippen molar-refractivity contribution in [3.05, 3.63) is 61.3 Å². The van der Waals surface area contributed by atoms with E-state index in [1.54, 1.807) is 37.3 Å². The monoisotopic (exact) mass is 745 g/mol. The average molecular weight is 745 g/mol. The van der Waals surface area contributed by atoms with E-state index in [1.165, 1.54) is 12.2 Å². The van der Waals surface area contributed by atoms with Crippen LogP contribution in [0.5, 0.6) is 11.5 Å². The van der Waals surface area contributed by atoms with Gasteiger partial charge in [-0.3, -0.25) is 9.59 Å². The van der Waals surface area contributed by atoms with Crippen LogP contribution in [0, 0.1) is 7.14 Å². The molecule has 1 saturated carbocycles. The molecule has 0 radical (unpaired) electrons. The highest BCUT2D eigenvalue weighted by Crippen LogP contribution is 2.38. The zero-order valence-electron chi connectivity index (χ0n) is 21.2. The molecule has 4 rings (SSSR count). The number of carbonyl (C=O) groups is 3. The first-order chi connectivity index (χ1) is 18.2. The summed E-state index contributed by atoms with van der Waals surface area (Å²) in [5.74, 6) is -0.0722. The number of halogens is 2. The van der Waals surface area contributed by atoms with Gasteiger partial charge in [0.25, 0.3) is 11.8 Å². The number of anilines is 1. The van der Waals surface area contributed by atoms with Crippen LogP contribution in [-0.4, -0.2) is 42.9 Å². The molecular formula is C28H29I2NO7. The van der Waals surface area contributed by atoms with Crippen LogP contribution >= 0.6 is 45.2 Å². The summed E-state index contributed by atoms with van der Waals surface area (Å²) >= 11 is 4.36.